The molecule has 2 heterocycles. The molecule has 0 atom stereocenters. The predicted molar refractivity (Wildman–Crippen MR) is 74.5 cm³/mol. The summed E-state index contributed by atoms with van der Waals surface area (Å²) in [5.74, 6) is 0.433. The van der Waals surface area contributed by atoms with Gasteiger partial charge < -0.3 is 16.8 Å². The number of nitrogen functional groups attached to an aromatic ring is 1. The first kappa shape index (κ1) is 11.9. The highest BCUT2D eigenvalue weighted by atomic mass is 32.1. The van der Waals surface area contributed by atoms with E-state index >= 15 is 0 Å². The number of pyridine rings is 1. The maximum atomic E-state index is 11.1. The van der Waals surface area contributed by atoms with Gasteiger partial charge in [-0.05, 0) is 25.0 Å². The van der Waals surface area contributed by atoms with Crippen molar-refractivity contribution in [2.75, 3.05) is 11.1 Å². The molecule has 0 aromatic carbocycles. The van der Waals surface area contributed by atoms with E-state index in [4.69, 9.17) is 11.5 Å². The van der Waals surface area contributed by atoms with Gasteiger partial charge in [0.25, 0.3) is 5.91 Å². The van der Waals surface area contributed by atoms with E-state index in [1.165, 1.54) is 30.2 Å². The highest BCUT2D eigenvalue weighted by Gasteiger charge is 2.26. The Hall–Kier alpha value is -2.15. The Balaban J connectivity index is 1.84. The van der Waals surface area contributed by atoms with Crippen molar-refractivity contribution < 1.29 is 4.79 Å². The molecule has 1 aliphatic carbocycles. The van der Waals surface area contributed by atoms with Crippen molar-refractivity contribution in [3.8, 4) is 0 Å². The van der Waals surface area contributed by atoms with Crippen molar-refractivity contribution in [3.05, 3.63) is 28.9 Å². The number of nitrogens with two attached hydrogens (primary N) is 2. The molecule has 1 amide bonds. The zero-order valence-electron chi connectivity index (χ0n) is 10.1. The molecule has 0 spiro atoms. The number of aromatic nitrogens is 2. The van der Waals surface area contributed by atoms with Crippen molar-refractivity contribution in [2.45, 2.75) is 18.8 Å². The molecule has 5 N–H and O–H groups in total. The Bertz CT molecular complexity index is 635. The first-order valence-corrected chi connectivity index (χ1v) is 6.80. The molecular formula is C12H13N5OS. The molecule has 7 heteroatoms. The lowest BCUT2D eigenvalue weighted by Crippen LogP contribution is -2.14. The van der Waals surface area contributed by atoms with Gasteiger partial charge in [-0.1, -0.05) is 0 Å². The van der Waals surface area contributed by atoms with E-state index < -0.39 is 5.91 Å². The van der Waals surface area contributed by atoms with E-state index in [9.17, 15) is 4.79 Å². The van der Waals surface area contributed by atoms with Gasteiger partial charge >= 0.3 is 0 Å². The third kappa shape index (κ3) is 2.50. The molecule has 0 saturated heterocycles. The summed E-state index contributed by atoms with van der Waals surface area (Å²) in [5.41, 5.74) is 12.7. The molecule has 1 fully saturated rings. The summed E-state index contributed by atoms with van der Waals surface area (Å²) in [4.78, 5) is 19.7. The SMILES string of the molecule is NC(=O)c1ccc(N)c(Nc2nc(C3CC3)cs2)n1. The van der Waals surface area contributed by atoms with Crippen LogP contribution in [0.5, 0.6) is 0 Å². The molecule has 98 valence electrons. The van der Waals surface area contributed by atoms with E-state index in [0.29, 0.717) is 17.4 Å². The van der Waals surface area contributed by atoms with Gasteiger partial charge in [0, 0.05) is 11.3 Å². The Labute approximate surface area is 113 Å². The molecule has 3 rings (SSSR count). The molecule has 1 saturated carbocycles. The molecule has 2 aromatic heterocycles. The van der Waals surface area contributed by atoms with Crippen molar-refractivity contribution in [1.82, 2.24) is 9.97 Å². The van der Waals surface area contributed by atoms with Crippen LogP contribution in [0.1, 0.15) is 34.9 Å². The van der Waals surface area contributed by atoms with E-state index in [-0.39, 0.29) is 5.69 Å². The van der Waals surface area contributed by atoms with Gasteiger partial charge in [-0.15, -0.1) is 11.3 Å². The maximum absolute atomic E-state index is 11.1. The fourth-order valence-corrected chi connectivity index (χ4v) is 2.51. The zero-order chi connectivity index (χ0) is 13.4. The normalized spacial score (nSPS) is 14.3. The second-order valence-corrected chi connectivity index (χ2v) is 5.33. The predicted octanol–water partition coefficient (Wildman–Crippen LogP) is 1.84. The van der Waals surface area contributed by atoms with Crippen LogP contribution in [0.3, 0.4) is 0 Å². The zero-order valence-corrected chi connectivity index (χ0v) is 10.9. The molecular weight excluding hydrogens is 262 g/mol. The summed E-state index contributed by atoms with van der Waals surface area (Å²) in [7, 11) is 0. The second kappa shape index (κ2) is 4.51. The van der Waals surface area contributed by atoms with Crippen LogP contribution in [0.4, 0.5) is 16.6 Å². The number of carbonyl (C=O) groups excluding carboxylic acids is 1. The van der Waals surface area contributed by atoms with Crippen LogP contribution in [0.2, 0.25) is 0 Å². The summed E-state index contributed by atoms with van der Waals surface area (Å²) in [6.45, 7) is 0. The quantitative estimate of drug-likeness (QED) is 0.789. The molecule has 0 aliphatic heterocycles. The Morgan fingerprint density at radius 2 is 2.16 bits per heavy atom. The van der Waals surface area contributed by atoms with Crippen LogP contribution in [0.15, 0.2) is 17.5 Å². The van der Waals surface area contributed by atoms with Crippen LogP contribution in [0.25, 0.3) is 0 Å². The number of hydrogen-bond acceptors (Lipinski definition) is 6. The van der Waals surface area contributed by atoms with Crippen LogP contribution >= 0.6 is 11.3 Å². The number of anilines is 3. The summed E-state index contributed by atoms with van der Waals surface area (Å²) >= 11 is 1.50. The lowest BCUT2D eigenvalue weighted by molar-refractivity contribution is 0.0996. The van der Waals surface area contributed by atoms with Gasteiger partial charge in [-0.3, -0.25) is 4.79 Å². The van der Waals surface area contributed by atoms with Crippen molar-refractivity contribution in [3.63, 3.8) is 0 Å². The first-order chi connectivity index (χ1) is 9.13. The van der Waals surface area contributed by atoms with Gasteiger partial charge in [0.2, 0.25) is 0 Å². The molecule has 0 radical (unpaired) electrons. The van der Waals surface area contributed by atoms with Gasteiger partial charge in [0.15, 0.2) is 10.9 Å². The number of rotatable bonds is 4. The smallest absolute Gasteiger partial charge is 0.267 e. The van der Waals surface area contributed by atoms with Crippen LogP contribution in [-0.4, -0.2) is 15.9 Å². The largest absolute Gasteiger partial charge is 0.396 e. The molecule has 0 bridgehead atoms. The number of amides is 1. The summed E-state index contributed by atoms with van der Waals surface area (Å²) in [5, 5.41) is 5.79. The van der Waals surface area contributed by atoms with Gasteiger partial charge in [-0.2, -0.15) is 0 Å². The van der Waals surface area contributed by atoms with Crippen LogP contribution < -0.4 is 16.8 Å². The van der Waals surface area contributed by atoms with Crippen LogP contribution in [0, 0.1) is 0 Å². The first-order valence-electron chi connectivity index (χ1n) is 5.92. The Morgan fingerprint density at radius 1 is 1.37 bits per heavy atom. The van der Waals surface area contributed by atoms with Crippen molar-refractivity contribution in [2.24, 2.45) is 5.73 Å². The topological polar surface area (TPSA) is 107 Å². The van der Waals surface area contributed by atoms with Crippen molar-refractivity contribution >= 4 is 33.9 Å². The number of nitrogens with zero attached hydrogens (tertiary/aromatic N) is 2. The summed E-state index contributed by atoms with van der Waals surface area (Å²) < 4.78 is 0. The third-order valence-corrected chi connectivity index (χ3v) is 3.70. The fraction of sp³-hybridized carbons (Fsp3) is 0.250. The lowest BCUT2D eigenvalue weighted by atomic mass is 10.3. The van der Waals surface area contributed by atoms with E-state index in [0.717, 1.165) is 10.8 Å². The number of hydrogen-bond donors (Lipinski definition) is 3. The molecule has 2 aromatic rings. The minimum atomic E-state index is -0.583. The average Bonchev–Trinajstić information content (AvgIpc) is 3.13. The molecule has 1 aliphatic rings. The second-order valence-electron chi connectivity index (χ2n) is 4.48. The molecule has 0 unspecified atom stereocenters. The standard InChI is InChI=1S/C12H13N5OS/c13-7-3-4-8(10(14)18)15-11(7)17-12-16-9(5-19-12)6-1-2-6/h3-6H,1-2,13H2,(H2,14,18)(H,15,16,17). The van der Waals surface area contributed by atoms with Gasteiger partial charge in [0.05, 0.1) is 11.4 Å². The minimum absolute atomic E-state index is 0.177. The summed E-state index contributed by atoms with van der Waals surface area (Å²) in [6, 6.07) is 3.10. The lowest BCUT2D eigenvalue weighted by Gasteiger charge is -2.06. The number of thiazole rings is 1. The monoisotopic (exact) mass is 275 g/mol. The molecule has 6 nitrogen and oxygen atoms in total. The van der Waals surface area contributed by atoms with E-state index in [1.54, 1.807) is 6.07 Å². The minimum Gasteiger partial charge on any atom is -0.396 e. The van der Waals surface area contributed by atoms with Crippen molar-refractivity contribution in [1.29, 1.82) is 0 Å². The van der Waals surface area contributed by atoms with E-state index in [1.807, 2.05) is 5.38 Å². The third-order valence-electron chi connectivity index (χ3n) is 2.92. The summed E-state index contributed by atoms with van der Waals surface area (Å²) in [6.07, 6.45) is 2.42. The number of nitrogens with one attached hydrogen (secondary N) is 1. The maximum Gasteiger partial charge on any atom is 0.267 e. The fourth-order valence-electron chi connectivity index (χ4n) is 1.72. The Kier molecular flexibility index (Phi) is 2.83. The van der Waals surface area contributed by atoms with Gasteiger partial charge in [-0.25, -0.2) is 9.97 Å². The highest BCUT2D eigenvalue weighted by Crippen LogP contribution is 2.41. The molecule has 19 heavy (non-hydrogen) atoms. The van der Waals surface area contributed by atoms with Gasteiger partial charge in [0.1, 0.15) is 5.69 Å². The number of primary amides is 1. The average molecular weight is 275 g/mol. The van der Waals surface area contributed by atoms with Crippen LogP contribution in [-0.2, 0) is 0 Å². The van der Waals surface area contributed by atoms with E-state index in [2.05, 4.69) is 15.3 Å². The Morgan fingerprint density at radius 3 is 2.84 bits per heavy atom. The number of carbonyl (C=O) groups is 1. The highest BCUT2D eigenvalue weighted by molar-refractivity contribution is 7.13.